The van der Waals surface area contributed by atoms with Gasteiger partial charge in [-0.1, -0.05) is 30.3 Å². The maximum absolute atomic E-state index is 10.9. The predicted molar refractivity (Wildman–Crippen MR) is 55.8 cm³/mol. The van der Waals surface area contributed by atoms with Crippen molar-refractivity contribution in [3.8, 4) is 0 Å². The average Bonchev–Trinajstić information content (AvgIpc) is 2.15. The lowest BCUT2D eigenvalue weighted by Crippen LogP contribution is -2.07. The highest BCUT2D eigenvalue weighted by molar-refractivity contribution is 7.50. The second kappa shape index (κ2) is 5.40. The smallest absolute Gasteiger partial charge is 0.221 e. The zero-order valence-corrected chi connectivity index (χ0v) is 9.15. The van der Waals surface area contributed by atoms with Crippen LogP contribution in [0, 0.1) is 0 Å². The topological polar surface area (TPSA) is 80.6 Å². The van der Waals surface area contributed by atoms with E-state index in [4.69, 9.17) is 9.79 Å². The van der Waals surface area contributed by atoms with Crippen molar-refractivity contribution < 1.29 is 19.2 Å². The van der Waals surface area contributed by atoms with Gasteiger partial charge in [0.2, 0.25) is 8.00 Å². The van der Waals surface area contributed by atoms with Crippen LogP contribution in [0.3, 0.4) is 0 Å². The summed E-state index contributed by atoms with van der Waals surface area (Å²) in [5.74, 6) is 0. The molecule has 0 aliphatic rings. The highest BCUT2D eigenvalue weighted by atomic mass is 31.1. The van der Waals surface area contributed by atoms with Crippen LogP contribution < -0.4 is 4.89 Å². The summed E-state index contributed by atoms with van der Waals surface area (Å²) in [5, 5.41) is 0.131. The molecule has 0 aliphatic carbocycles. The van der Waals surface area contributed by atoms with Crippen molar-refractivity contribution in [3.63, 3.8) is 0 Å². The quantitative estimate of drug-likeness (QED) is 0.736. The highest BCUT2D eigenvalue weighted by Crippen LogP contribution is 2.22. The largest absolute Gasteiger partial charge is 0.603 e. The van der Waals surface area contributed by atoms with Crippen molar-refractivity contribution in [2.75, 3.05) is 6.16 Å². The first kappa shape index (κ1) is 11.6. The van der Waals surface area contributed by atoms with Gasteiger partial charge in [-0.2, -0.15) is 4.89 Å². The fourth-order valence-corrected chi connectivity index (χ4v) is 2.86. The van der Waals surface area contributed by atoms with Crippen molar-refractivity contribution >= 4 is 21.3 Å². The molecular formula is C8H10O4P2. The molecule has 2 atom stereocenters. The Morgan fingerprint density at radius 3 is 2.43 bits per heavy atom. The first-order valence-corrected chi connectivity index (χ1v) is 6.68. The molecule has 4 nitrogen and oxygen atoms in total. The monoisotopic (exact) mass is 232 g/mol. The third kappa shape index (κ3) is 3.33. The molecule has 76 valence electrons. The molecule has 0 saturated carbocycles. The molecule has 0 bridgehead atoms. The number of benzene rings is 1. The van der Waals surface area contributed by atoms with Crippen LogP contribution in [0.25, 0.3) is 0 Å². The van der Waals surface area contributed by atoms with Gasteiger partial charge in [-0.3, -0.25) is 4.57 Å². The molecule has 0 amide bonds. The maximum Gasteiger partial charge on any atom is 0.221 e. The van der Waals surface area contributed by atoms with Crippen molar-refractivity contribution in [3.05, 3.63) is 35.9 Å². The normalized spacial score (nSPS) is 14.8. The van der Waals surface area contributed by atoms with Gasteiger partial charge in [0.1, 0.15) is 0 Å². The molecule has 2 unspecified atom stereocenters. The summed E-state index contributed by atoms with van der Waals surface area (Å²) in [7, 11) is -5.30. The van der Waals surface area contributed by atoms with Gasteiger partial charge in [0, 0.05) is 5.56 Å². The van der Waals surface area contributed by atoms with Gasteiger partial charge in [-0.25, -0.2) is 0 Å². The van der Waals surface area contributed by atoms with Crippen LogP contribution in [-0.2, 0) is 4.57 Å². The van der Waals surface area contributed by atoms with Crippen LogP contribution in [0.15, 0.2) is 30.3 Å². The molecule has 2 N–H and O–H groups in total. The van der Waals surface area contributed by atoms with E-state index < -0.39 is 16.0 Å². The molecule has 6 heteroatoms. The van der Waals surface area contributed by atoms with Gasteiger partial charge in [-0.05, 0) is 0 Å². The molecule has 1 aromatic rings. The van der Waals surface area contributed by atoms with Crippen LogP contribution in [0.5, 0.6) is 0 Å². The average molecular weight is 232 g/mol. The van der Waals surface area contributed by atoms with E-state index >= 15 is 0 Å². The van der Waals surface area contributed by atoms with Gasteiger partial charge in [0.15, 0.2) is 13.3 Å². The molecule has 0 heterocycles. The summed E-state index contributed by atoms with van der Waals surface area (Å²) < 4.78 is 10.6. The SMILES string of the molecule is O=[PH](O)C/C(c1ccccc1)=[P+](\[O-])O. The predicted octanol–water partition coefficient (Wildman–Crippen LogP) is 0.339. The minimum absolute atomic E-state index is 0.131. The first-order chi connectivity index (χ1) is 6.61. The van der Waals surface area contributed by atoms with Crippen LogP contribution in [0.4, 0.5) is 0 Å². The van der Waals surface area contributed by atoms with E-state index in [2.05, 4.69) is 0 Å². The summed E-state index contributed by atoms with van der Waals surface area (Å²) in [6, 6.07) is 8.48. The minimum Gasteiger partial charge on any atom is -0.603 e. The lowest BCUT2D eigenvalue weighted by molar-refractivity contribution is -0.167. The van der Waals surface area contributed by atoms with Gasteiger partial charge >= 0.3 is 0 Å². The minimum atomic E-state index is -2.76. The zero-order chi connectivity index (χ0) is 10.6. The fourth-order valence-electron chi connectivity index (χ4n) is 1.05. The van der Waals surface area contributed by atoms with Gasteiger partial charge < -0.3 is 9.79 Å². The Hall–Kier alpha value is -0.500. The maximum atomic E-state index is 10.9. The Balaban J connectivity index is 3.03. The lowest BCUT2D eigenvalue weighted by Gasteiger charge is -2.01. The molecule has 14 heavy (non-hydrogen) atoms. The summed E-state index contributed by atoms with van der Waals surface area (Å²) in [6.45, 7) is 0. The van der Waals surface area contributed by atoms with E-state index in [1.54, 1.807) is 30.3 Å². The van der Waals surface area contributed by atoms with Crippen molar-refractivity contribution in [2.45, 2.75) is 0 Å². The summed E-state index contributed by atoms with van der Waals surface area (Å²) in [5.41, 5.74) is 0.545. The van der Waals surface area contributed by atoms with E-state index in [-0.39, 0.29) is 11.5 Å². The first-order valence-electron chi connectivity index (χ1n) is 3.90. The zero-order valence-electron chi connectivity index (χ0n) is 7.25. The van der Waals surface area contributed by atoms with Crippen LogP contribution >= 0.6 is 16.0 Å². The van der Waals surface area contributed by atoms with Crippen molar-refractivity contribution in [1.29, 1.82) is 0 Å². The number of rotatable bonds is 3. The van der Waals surface area contributed by atoms with Crippen molar-refractivity contribution in [2.24, 2.45) is 0 Å². The molecule has 0 radical (unpaired) electrons. The Kier molecular flexibility index (Phi) is 4.46. The van der Waals surface area contributed by atoms with Crippen molar-refractivity contribution in [1.82, 2.24) is 0 Å². The molecule has 0 aromatic heterocycles. The van der Waals surface area contributed by atoms with Gasteiger partial charge in [0.05, 0.1) is 6.16 Å². The highest BCUT2D eigenvalue weighted by Gasteiger charge is 2.14. The Labute approximate surface area is 83.3 Å². The molecular weight excluding hydrogens is 222 g/mol. The van der Waals surface area contributed by atoms with Gasteiger partial charge in [-0.15, -0.1) is 0 Å². The number of hydrogen-bond donors (Lipinski definition) is 2. The standard InChI is InChI=1S/C8H10O4P2/c9-13(10)6-8(14(11)12)7-4-2-1-3-5-7/h1-5,13H,6H2,(H,9,10)(H,11,12). The fraction of sp³-hybridized carbons (Fsp3) is 0.125. The Bertz CT molecular complexity index is 357. The van der Waals surface area contributed by atoms with E-state index in [1.807, 2.05) is 0 Å². The van der Waals surface area contributed by atoms with E-state index in [1.165, 1.54) is 0 Å². The summed E-state index contributed by atoms with van der Waals surface area (Å²) >= 11 is 0. The van der Waals surface area contributed by atoms with E-state index in [0.717, 1.165) is 0 Å². The molecule has 0 aliphatic heterocycles. The second-order valence-electron chi connectivity index (χ2n) is 2.66. The number of hydrogen-bond acceptors (Lipinski definition) is 3. The van der Waals surface area contributed by atoms with Gasteiger partial charge in [0.25, 0.3) is 0 Å². The van der Waals surface area contributed by atoms with Crippen LogP contribution in [-0.4, -0.2) is 21.2 Å². The molecule has 0 fully saturated rings. The summed E-state index contributed by atoms with van der Waals surface area (Å²) in [6.07, 6.45) is -0.222. The van der Waals surface area contributed by atoms with Crippen LogP contribution in [0.1, 0.15) is 5.56 Å². The van der Waals surface area contributed by atoms with E-state index in [0.29, 0.717) is 5.56 Å². The molecule has 0 saturated heterocycles. The Morgan fingerprint density at radius 2 is 2.00 bits per heavy atom. The third-order valence-electron chi connectivity index (χ3n) is 1.66. The molecule has 1 aromatic carbocycles. The molecule has 1 rings (SSSR count). The third-order valence-corrected chi connectivity index (χ3v) is 3.49. The second-order valence-corrected chi connectivity index (χ2v) is 4.88. The Morgan fingerprint density at radius 1 is 1.43 bits per heavy atom. The van der Waals surface area contributed by atoms with E-state index in [9.17, 15) is 9.46 Å². The molecule has 0 spiro atoms. The lowest BCUT2D eigenvalue weighted by atomic mass is 10.2. The summed E-state index contributed by atoms with van der Waals surface area (Å²) in [4.78, 5) is 28.6. The van der Waals surface area contributed by atoms with Crippen LogP contribution in [0.2, 0.25) is 0 Å².